The normalized spacial score (nSPS) is 13.2. The molecule has 2 amide bonds. The maximum Gasteiger partial charge on any atom is 0.257 e. The van der Waals surface area contributed by atoms with E-state index in [2.05, 4.69) is 26.9 Å². The third-order valence-corrected chi connectivity index (χ3v) is 5.14. The van der Waals surface area contributed by atoms with Gasteiger partial charge < -0.3 is 4.90 Å². The number of hydrazine groups is 1. The number of benzene rings is 1. The van der Waals surface area contributed by atoms with Gasteiger partial charge in [-0.1, -0.05) is 18.2 Å². The highest BCUT2D eigenvalue weighted by molar-refractivity contribution is 5.85. The SMILES string of the molecule is Cc1nn(C)c(C)c1CCC(=O)NNC(=O)CN1CCCc2ccccc21. The van der Waals surface area contributed by atoms with Crippen molar-refractivity contribution in [2.75, 3.05) is 18.0 Å². The van der Waals surface area contributed by atoms with Gasteiger partial charge in [-0.25, -0.2) is 0 Å². The fourth-order valence-corrected chi connectivity index (χ4v) is 3.61. The van der Waals surface area contributed by atoms with Crippen LogP contribution in [0.1, 0.15) is 35.4 Å². The Hall–Kier alpha value is -2.83. The molecule has 2 heterocycles. The van der Waals surface area contributed by atoms with Gasteiger partial charge in [-0.2, -0.15) is 5.10 Å². The lowest BCUT2D eigenvalue weighted by Crippen LogP contribution is -2.47. The minimum absolute atomic E-state index is 0.204. The Morgan fingerprint density at radius 1 is 1.15 bits per heavy atom. The van der Waals surface area contributed by atoms with Crippen LogP contribution in [0.25, 0.3) is 0 Å². The molecule has 7 heteroatoms. The number of rotatable bonds is 5. The predicted molar refractivity (Wildman–Crippen MR) is 104 cm³/mol. The van der Waals surface area contributed by atoms with Crippen LogP contribution in [-0.2, 0) is 29.5 Å². The molecule has 1 aliphatic rings. The summed E-state index contributed by atoms with van der Waals surface area (Å²) in [5, 5.41) is 4.36. The van der Waals surface area contributed by atoms with Crippen LogP contribution in [-0.4, -0.2) is 34.7 Å². The molecule has 0 unspecified atom stereocenters. The molecule has 1 aromatic carbocycles. The van der Waals surface area contributed by atoms with Crippen molar-refractivity contribution in [3.8, 4) is 0 Å². The fourth-order valence-electron chi connectivity index (χ4n) is 3.61. The minimum atomic E-state index is -0.214. The summed E-state index contributed by atoms with van der Waals surface area (Å²) in [6.45, 7) is 5.01. The molecule has 0 saturated carbocycles. The smallest absolute Gasteiger partial charge is 0.257 e. The van der Waals surface area contributed by atoms with E-state index in [-0.39, 0.29) is 18.4 Å². The molecule has 0 spiro atoms. The highest BCUT2D eigenvalue weighted by Gasteiger charge is 2.19. The number of aryl methyl sites for hydroxylation is 3. The second kappa shape index (κ2) is 8.24. The molecule has 7 nitrogen and oxygen atoms in total. The summed E-state index contributed by atoms with van der Waals surface area (Å²) in [6.07, 6.45) is 2.98. The number of nitrogens with one attached hydrogen (secondary N) is 2. The van der Waals surface area contributed by atoms with E-state index in [9.17, 15) is 9.59 Å². The van der Waals surface area contributed by atoms with Gasteiger partial charge in [0.05, 0.1) is 12.2 Å². The lowest BCUT2D eigenvalue weighted by molar-refractivity contribution is -0.128. The molecule has 0 bridgehead atoms. The molecular formula is C20H27N5O2. The minimum Gasteiger partial charge on any atom is -0.362 e. The van der Waals surface area contributed by atoms with Crippen molar-refractivity contribution >= 4 is 17.5 Å². The van der Waals surface area contributed by atoms with Gasteiger partial charge in [-0.05, 0) is 50.3 Å². The quantitative estimate of drug-likeness (QED) is 0.784. The van der Waals surface area contributed by atoms with Gasteiger partial charge in [0, 0.05) is 31.4 Å². The summed E-state index contributed by atoms with van der Waals surface area (Å²) in [6, 6.07) is 8.15. The Balaban J connectivity index is 1.46. The Bertz CT molecular complexity index is 843. The molecule has 1 aromatic heterocycles. The number of nitrogens with zero attached hydrogens (tertiary/aromatic N) is 3. The third kappa shape index (κ3) is 4.48. The van der Waals surface area contributed by atoms with E-state index in [1.807, 2.05) is 43.8 Å². The van der Waals surface area contributed by atoms with Crippen molar-refractivity contribution in [2.24, 2.45) is 7.05 Å². The van der Waals surface area contributed by atoms with E-state index < -0.39 is 0 Å². The molecule has 27 heavy (non-hydrogen) atoms. The number of anilines is 1. The summed E-state index contributed by atoms with van der Waals surface area (Å²) in [5.74, 6) is -0.418. The first-order chi connectivity index (χ1) is 13.0. The van der Waals surface area contributed by atoms with Crippen molar-refractivity contribution in [1.29, 1.82) is 0 Å². The second-order valence-electron chi connectivity index (χ2n) is 7.02. The van der Waals surface area contributed by atoms with Crippen molar-refractivity contribution in [3.63, 3.8) is 0 Å². The number of hydrogen-bond donors (Lipinski definition) is 2. The topological polar surface area (TPSA) is 79.3 Å². The summed E-state index contributed by atoms with van der Waals surface area (Å²) < 4.78 is 1.82. The molecule has 1 aliphatic heterocycles. The first kappa shape index (κ1) is 18.9. The Labute approximate surface area is 159 Å². The van der Waals surface area contributed by atoms with Gasteiger partial charge >= 0.3 is 0 Å². The largest absolute Gasteiger partial charge is 0.362 e. The zero-order valence-corrected chi connectivity index (χ0v) is 16.2. The van der Waals surface area contributed by atoms with E-state index in [1.165, 1.54) is 5.56 Å². The van der Waals surface area contributed by atoms with E-state index >= 15 is 0 Å². The van der Waals surface area contributed by atoms with Gasteiger partial charge in [0.15, 0.2) is 0 Å². The van der Waals surface area contributed by atoms with Crippen LogP contribution in [0.5, 0.6) is 0 Å². The fraction of sp³-hybridized carbons (Fsp3) is 0.450. The maximum absolute atomic E-state index is 12.2. The number of para-hydroxylation sites is 1. The van der Waals surface area contributed by atoms with Crippen molar-refractivity contribution in [3.05, 3.63) is 46.8 Å². The first-order valence-corrected chi connectivity index (χ1v) is 9.35. The number of amides is 2. The van der Waals surface area contributed by atoms with Crippen LogP contribution in [0.3, 0.4) is 0 Å². The van der Waals surface area contributed by atoms with Crippen molar-refractivity contribution in [2.45, 2.75) is 39.5 Å². The number of hydrogen-bond acceptors (Lipinski definition) is 4. The molecule has 0 fully saturated rings. The van der Waals surface area contributed by atoms with Crippen LogP contribution in [0, 0.1) is 13.8 Å². The van der Waals surface area contributed by atoms with E-state index in [0.29, 0.717) is 12.8 Å². The molecule has 0 radical (unpaired) electrons. The van der Waals surface area contributed by atoms with E-state index in [1.54, 1.807) is 0 Å². The highest BCUT2D eigenvalue weighted by Crippen LogP contribution is 2.26. The summed E-state index contributed by atoms with van der Waals surface area (Å²) in [5.41, 5.74) is 10.5. The third-order valence-electron chi connectivity index (χ3n) is 5.14. The average molecular weight is 369 g/mol. The van der Waals surface area contributed by atoms with Gasteiger partial charge in [-0.15, -0.1) is 0 Å². The molecule has 3 rings (SSSR count). The zero-order valence-electron chi connectivity index (χ0n) is 16.2. The van der Waals surface area contributed by atoms with Gasteiger partial charge in [0.2, 0.25) is 5.91 Å². The maximum atomic E-state index is 12.2. The Kier molecular flexibility index (Phi) is 5.78. The monoisotopic (exact) mass is 369 g/mol. The second-order valence-corrected chi connectivity index (χ2v) is 7.02. The van der Waals surface area contributed by atoms with Crippen LogP contribution < -0.4 is 15.8 Å². The van der Waals surface area contributed by atoms with Crippen LogP contribution in [0.2, 0.25) is 0 Å². The Morgan fingerprint density at radius 2 is 1.89 bits per heavy atom. The highest BCUT2D eigenvalue weighted by atomic mass is 16.2. The van der Waals surface area contributed by atoms with Crippen molar-refractivity contribution < 1.29 is 9.59 Å². The summed E-state index contributed by atoms with van der Waals surface area (Å²) in [7, 11) is 1.89. The van der Waals surface area contributed by atoms with E-state index in [0.717, 1.165) is 42.0 Å². The lowest BCUT2D eigenvalue weighted by atomic mass is 10.0. The Morgan fingerprint density at radius 3 is 2.63 bits per heavy atom. The zero-order chi connectivity index (χ0) is 19.4. The number of aromatic nitrogens is 2. The summed E-state index contributed by atoms with van der Waals surface area (Å²) in [4.78, 5) is 26.4. The van der Waals surface area contributed by atoms with Crippen LogP contribution in [0.4, 0.5) is 5.69 Å². The van der Waals surface area contributed by atoms with Gasteiger partial charge in [0.1, 0.15) is 0 Å². The standard InChI is InChI=1S/C20H27N5O2/c1-14-17(15(2)24(3)23-14)10-11-19(26)21-22-20(27)13-25-12-6-8-16-7-4-5-9-18(16)25/h4-5,7,9H,6,8,10-13H2,1-3H3,(H,21,26)(H,22,27). The molecule has 2 aromatic rings. The molecule has 144 valence electrons. The number of fused-ring (bicyclic) bond motifs is 1. The number of carbonyl (C=O) groups is 2. The van der Waals surface area contributed by atoms with Crippen molar-refractivity contribution in [1.82, 2.24) is 20.6 Å². The molecule has 2 N–H and O–H groups in total. The summed E-state index contributed by atoms with van der Waals surface area (Å²) >= 11 is 0. The average Bonchev–Trinajstić information content (AvgIpc) is 2.90. The molecule has 0 aliphatic carbocycles. The molecule has 0 saturated heterocycles. The lowest BCUT2D eigenvalue weighted by Gasteiger charge is -2.30. The predicted octanol–water partition coefficient (Wildman–Crippen LogP) is 1.57. The van der Waals surface area contributed by atoms with Gasteiger partial charge in [0.25, 0.3) is 5.91 Å². The van der Waals surface area contributed by atoms with Crippen LogP contribution >= 0.6 is 0 Å². The van der Waals surface area contributed by atoms with Gasteiger partial charge in [-0.3, -0.25) is 25.1 Å². The van der Waals surface area contributed by atoms with Crippen LogP contribution in [0.15, 0.2) is 24.3 Å². The van der Waals surface area contributed by atoms with E-state index in [4.69, 9.17) is 0 Å². The first-order valence-electron chi connectivity index (χ1n) is 9.35. The molecular weight excluding hydrogens is 342 g/mol. The molecule has 0 atom stereocenters. The number of carbonyl (C=O) groups excluding carboxylic acids is 2.